The van der Waals surface area contributed by atoms with E-state index in [4.69, 9.17) is 0 Å². The Morgan fingerprint density at radius 1 is 1.09 bits per heavy atom. The van der Waals surface area contributed by atoms with Gasteiger partial charge in [0.1, 0.15) is 11.6 Å². The minimum Gasteiger partial charge on any atom is -0.508 e. The van der Waals surface area contributed by atoms with Crippen molar-refractivity contribution in [3.8, 4) is 5.75 Å². The standard InChI is InChI=1S/C17H12FNO3S/c18-14-4-2-1-3-12(14)10-19-16(21)15(23-17(19)22)9-11-5-7-13(20)8-6-11/h1-9,20H,10H2/b15-9+. The van der Waals surface area contributed by atoms with Crippen molar-refractivity contribution in [2.45, 2.75) is 6.54 Å². The van der Waals surface area contributed by atoms with Crippen molar-refractivity contribution in [1.29, 1.82) is 0 Å². The van der Waals surface area contributed by atoms with E-state index in [0.29, 0.717) is 11.1 Å². The van der Waals surface area contributed by atoms with Gasteiger partial charge in [0.2, 0.25) is 0 Å². The highest BCUT2D eigenvalue weighted by Crippen LogP contribution is 2.33. The molecule has 1 saturated heterocycles. The first kappa shape index (κ1) is 15.3. The van der Waals surface area contributed by atoms with Crippen LogP contribution in [0.4, 0.5) is 9.18 Å². The summed E-state index contributed by atoms with van der Waals surface area (Å²) in [4.78, 5) is 25.7. The van der Waals surface area contributed by atoms with Gasteiger partial charge in [0.15, 0.2) is 0 Å². The van der Waals surface area contributed by atoms with Gasteiger partial charge in [0.05, 0.1) is 11.4 Å². The number of carbonyl (C=O) groups is 2. The lowest BCUT2D eigenvalue weighted by atomic mass is 10.2. The average Bonchev–Trinajstić information content (AvgIpc) is 2.79. The zero-order valence-corrected chi connectivity index (χ0v) is 12.7. The minimum atomic E-state index is -0.450. The maximum absolute atomic E-state index is 13.7. The molecule has 1 aliphatic rings. The van der Waals surface area contributed by atoms with E-state index in [-0.39, 0.29) is 17.2 Å². The Balaban J connectivity index is 1.82. The van der Waals surface area contributed by atoms with Gasteiger partial charge in [-0.05, 0) is 41.6 Å². The van der Waals surface area contributed by atoms with Crippen molar-refractivity contribution in [2.75, 3.05) is 0 Å². The maximum Gasteiger partial charge on any atom is 0.293 e. The van der Waals surface area contributed by atoms with Crippen LogP contribution in [0.1, 0.15) is 11.1 Å². The van der Waals surface area contributed by atoms with Crippen LogP contribution in [0.25, 0.3) is 6.08 Å². The van der Waals surface area contributed by atoms with E-state index in [9.17, 15) is 19.1 Å². The first-order valence-corrected chi connectivity index (χ1v) is 7.64. The first-order valence-electron chi connectivity index (χ1n) is 6.82. The number of halogens is 1. The zero-order chi connectivity index (χ0) is 16.4. The maximum atomic E-state index is 13.7. The predicted molar refractivity (Wildman–Crippen MR) is 86.0 cm³/mol. The number of thioether (sulfide) groups is 1. The third-order valence-electron chi connectivity index (χ3n) is 3.35. The van der Waals surface area contributed by atoms with Gasteiger partial charge in [-0.3, -0.25) is 14.5 Å². The quantitative estimate of drug-likeness (QED) is 0.871. The fourth-order valence-corrected chi connectivity index (χ4v) is 2.99. The van der Waals surface area contributed by atoms with Gasteiger partial charge >= 0.3 is 0 Å². The van der Waals surface area contributed by atoms with Gasteiger partial charge in [-0.1, -0.05) is 30.3 Å². The van der Waals surface area contributed by atoms with E-state index in [1.165, 1.54) is 18.2 Å². The smallest absolute Gasteiger partial charge is 0.293 e. The molecule has 2 amide bonds. The number of hydrogen-bond donors (Lipinski definition) is 1. The van der Waals surface area contributed by atoms with Crippen LogP contribution >= 0.6 is 11.8 Å². The van der Waals surface area contributed by atoms with E-state index < -0.39 is 17.0 Å². The lowest BCUT2D eigenvalue weighted by Gasteiger charge is -2.12. The number of benzene rings is 2. The molecule has 1 N–H and O–H groups in total. The molecule has 0 aromatic heterocycles. The summed E-state index contributed by atoms with van der Waals surface area (Å²) < 4.78 is 13.7. The Morgan fingerprint density at radius 3 is 2.48 bits per heavy atom. The number of phenolic OH excluding ortho intramolecular Hbond substituents is 1. The Kier molecular flexibility index (Phi) is 4.16. The second kappa shape index (κ2) is 6.26. The molecule has 4 nitrogen and oxygen atoms in total. The summed E-state index contributed by atoms with van der Waals surface area (Å²) in [6.07, 6.45) is 1.58. The fourth-order valence-electron chi connectivity index (χ4n) is 2.16. The molecule has 23 heavy (non-hydrogen) atoms. The summed E-state index contributed by atoms with van der Waals surface area (Å²) in [5, 5.41) is 8.83. The largest absolute Gasteiger partial charge is 0.508 e. The Morgan fingerprint density at radius 2 is 1.78 bits per heavy atom. The molecule has 0 spiro atoms. The minimum absolute atomic E-state index is 0.0930. The lowest BCUT2D eigenvalue weighted by Crippen LogP contribution is -2.27. The molecule has 0 bridgehead atoms. The average molecular weight is 329 g/mol. The van der Waals surface area contributed by atoms with Gasteiger partial charge in [-0.25, -0.2) is 4.39 Å². The highest BCUT2D eigenvalue weighted by molar-refractivity contribution is 8.18. The van der Waals surface area contributed by atoms with Crippen molar-refractivity contribution in [2.24, 2.45) is 0 Å². The van der Waals surface area contributed by atoms with E-state index in [0.717, 1.165) is 16.7 Å². The van der Waals surface area contributed by atoms with Crippen LogP contribution in [-0.2, 0) is 11.3 Å². The summed E-state index contributed by atoms with van der Waals surface area (Å²) in [6, 6.07) is 12.3. The van der Waals surface area contributed by atoms with Crippen molar-refractivity contribution >= 4 is 29.0 Å². The number of hydrogen-bond acceptors (Lipinski definition) is 4. The number of carbonyl (C=O) groups excluding carboxylic acids is 2. The third-order valence-corrected chi connectivity index (χ3v) is 4.26. The van der Waals surface area contributed by atoms with Crippen LogP contribution in [0.15, 0.2) is 53.4 Å². The molecule has 0 aliphatic carbocycles. The highest BCUT2D eigenvalue weighted by Gasteiger charge is 2.35. The lowest BCUT2D eigenvalue weighted by molar-refractivity contribution is -0.123. The van der Waals surface area contributed by atoms with Crippen LogP contribution in [-0.4, -0.2) is 21.2 Å². The normalized spacial score (nSPS) is 16.4. The molecule has 0 saturated carbocycles. The van der Waals surface area contributed by atoms with Gasteiger partial charge in [0.25, 0.3) is 11.1 Å². The first-order chi connectivity index (χ1) is 11.0. The molecule has 2 aromatic rings. The molecule has 116 valence electrons. The Labute approximate surface area is 136 Å². The summed E-state index contributed by atoms with van der Waals surface area (Å²) >= 11 is 0.820. The van der Waals surface area contributed by atoms with Crippen LogP contribution in [0.2, 0.25) is 0 Å². The third kappa shape index (κ3) is 3.27. The van der Waals surface area contributed by atoms with Crippen LogP contribution in [0.5, 0.6) is 5.75 Å². The number of nitrogens with zero attached hydrogens (tertiary/aromatic N) is 1. The molecular formula is C17H12FNO3S. The second-order valence-corrected chi connectivity index (χ2v) is 5.94. The molecule has 1 fully saturated rings. The molecular weight excluding hydrogens is 317 g/mol. The van der Waals surface area contributed by atoms with Gasteiger partial charge in [0, 0.05) is 5.56 Å². The molecule has 6 heteroatoms. The molecule has 3 rings (SSSR count). The molecule has 1 aliphatic heterocycles. The predicted octanol–water partition coefficient (Wildman–Crippen LogP) is 3.77. The van der Waals surface area contributed by atoms with Crippen molar-refractivity contribution in [1.82, 2.24) is 4.90 Å². The Hall–Kier alpha value is -2.60. The summed E-state index contributed by atoms with van der Waals surface area (Å²) in [5.41, 5.74) is 0.986. The van der Waals surface area contributed by atoms with Crippen molar-refractivity contribution in [3.63, 3.8) is 0 Å². The van der Waals surface area contributed by atoms with Crippen molar-refractivity contribution in [3.05, 3.63) is 70.4 Å². The summed E-state index contributed by atoms with van der Waals surface area (Å²) in [6.45, 7) is -0.0930. The summed E-state index contributed by atoms with van der Waals surface area (Å²) in [7, 11) is 0. The molecule has 2 aromatic carbocycles. The van der Waals surface area contributed by atoms with Crippen molar-refractivity contribution < 1.29 is 19.1 Å². The highest BCUT2D eigenvalue weighted by atomic mass is 32.2. The fraction of sp³-hybridized carbons (Fsp3) is 0.0588. The molecule has 0 radical (unpaired) electrons. The molecule has 1 heterocycles. The molecule has 0 unspecified atom stereocenters. The zero-order valence-electron chi connectivity index (χ0n) is 11.9. The monoisotopic (exact) mass is 329 g/mol. The number of phenols is 1. The van der Waals surface area contributed by atoms with E-state index >= 15 is 0 Å². The van der Waals surface area contributed by atoms with Gasteiger partial charge < -0.3 is 5.11 Å². The number of amides is 2. The van der Waals surface area contributed by atoms with E-state index in [2.05, 4.69) is 0 Å². The number of rotatable bonds is 3. The van der Waals surface area contributed by atoms with E-state index in [1.807, 2.05) is 0 Å². The van der Waals surface area contributed by atoms with Crippen LogP contribution < -0.4 is 0 Å². The molecule has 0 atom stereocenters. The van der Waals surface area contributed by atoms with E-state index in [1.54, 1.807) is 36.4 Å². The number of imide groups is 1. The topological polar surface area (TPSA) is 57.6 Å². The SMILES string of the molecule is O=C1S/C(=C/c2ccc(O)cc2)C(=O)N1Cc1ccccc1F. The summed E-state index contributed by atoms with van der Waals surface area (Å²) in [5.74, 6) is -0.778. The van der Waals surface area contributed by atoms with Crippen LogP contribution in [0.3, 0.4) is 0 Å². The second-order valence-electron chi connectivity index (χ2n) is 4.95. The Bertz CT molecular complexity index is 802. The van der Waals surface area contributed by atoms with Gasteiger partial charge in [-0.2, -0.15) is 0 Å². The van der Waals surface area contributed by atoms with Crippen LogP contribution in [0, 0.1) is 5.82 Å². The number of aromatic hydroxyl groups is 1. The van der Waals surface area contributed by atoms with Gasteiger partial charge in [-0.15, -0.1) is 0 Å².